The van der Waals surface area contributed by atoms with Crippen molar-refractivity contribution in [2.45, 2.75) is 20.0 Å². The lowest BCUT2D eigenvalue weighted by Gasteiger charge is -2.14. The summed E-state index contributed by atoms with van der Waals surface area (Å²) in [6.07, 6.45) is 0.870. The van der Waals surface area contributed by atoms with Crippen LogP contribution in [-0.4, -0.2) is 12.4 Å². The van der Waals surface area contributed by atoms with Crippen LogP contribution in [0.5, 0.6) is 17.2 Å². The highest BCUT2D eigenvalue weighted by atomic mass is 16.5. The summed E-state index contributed by atoms with van der Waals surface area (Å²) in [6, 6.07) is 14.5. The monoisotopic (exact) mass is 256 g/mol. The van der Waals surface area contributed by atoms with Crippen LogP contribution in [0.2, 0.25) is 0 Å². The molecule has 19 heavy (non-hydrogen) atoms. The summed E-state index contributed by atoms with van der Waals surface area (Å²) in [7, 11) is 0. The van der Waals surface area contributed by atoms with E-state index < -0.39 is 0 Å². The van der Waals surface area contributed by atoms with Crippen LogP contribution in [0, 0.1) is 0 Å². The maximum absolute atomic E-state index is 10.7. The summed E-state index contributed by atoms with van der Waals surface area (Å²) in [4.78, 5) is 10.7. The smallest absolute Gasteiger partial charge is 0.169 e. The maximum Gasteiger partial charge on any atom is 0.169 e. The Morgan fingerprint density at radius 2 is 1.74 bits per heavy atom. The Bertz CT molecular complexity index is 561. The van der Waals surface area contributed by atoms with Gasteiger partial charge in [-0.3, -0.25) is 4.79 Å². The van der Waals surface area contributed by atoms with Gasteiger partial charge in [0.25, 0.3) is 0 Å². The van der Waals surface area contributed by atoms with Crippen LogP contribution < -0.4 is 9.47 Å². The molecule has 0 N–H and O–H groups in total. The van der Waals surface area contributed by atoms with Gasteiger partial charge in [-0.25, -0.2) is 0 Å². The molecule has 0 aromatic heterocycles. The molecule has 0 fully saturated rings. The van der Waals surface area contributed by atoms with E-state index in [1.54, 1.807) is 24.3 Å². The van der Waals surface area contributed by atoms with Gasteiger partial charge in [0.1, 0.15) is 12.0 Å². The van der Waals surface area contributed by atoms with Crippen molar-refractivity contribution in [3.8, 4) is 17.2 Å². The van der Waals surface area contributed by atoms with Gasteiger partial charge < -0.3 is 9.47 Å². The van der Waals surface area contributed by atoms with Gasteiger partial charge >= 0.3 is 0 Å². The zero-order valence-electron chi connectivity index (χ0n) is 11.0. The molecule has 0 saturated carbocycles. The lowest BCUT2D eigenvalue weighted by molar-refractivity contribution is 0.112. The van der Waals surface area contributed by atoms with E-state index in [2.05, 4.69) is 0 Å². The molecule has 3 nitrogen and oxygen atoms in total. The summed E-state index contributed by atoms with van der Waals surface area (Å²) in [5.74, 6) is 1.94. The Labute approximate surface area is 112 Å². The molecule has 0 unspecified atom stereocenters. The topological polar surface area (TPSA) is 35.5 Å². The fourth-order valence-corrected chi connectivity index (χ4v) is 1.66. The highest BCUT2D eigenvalue weighted by molar-refractivity contribution is 5.75. The second-order valence-electron chi connectivity index (χ2n) is 4.41. The van der Waals surface area contributed by atoms with Crippen molar-refractivity contribution in [1.29, 1.82) is 0 Å². The molecule has 0 atom stereocenters. The first-order valence-electron chi connectivity index (χ1n) is 6.18. The normalized spacial score (nSPS) is 10.3. The van der Waals surface area contributed by atoms with Crippen molar-refractivity contribution < 1.29 is 14.3 Å². The van der Waals surface area contributed by atoms with Crippen molar-refractivity contribution in [3.05, 3.63) is 54.1 Å². The van der Waals surface area contributed by atoms with Gasteiger partial charge in [0.15, 0.2) is 11.5 Å². The molecule has 0 aliphatic carbocycles. The first-order valence-corrected chi connectivity index (χ1v) is 6.18. The van der Waals surface area contributed by atoms with E-state index in [0.717, 1.165) is 6.29 Å². The van der Waals surface area contributed by atoms with Crippen LogP contribution >= 0.6 is 0 Å². The summed E-state index contributed by atoms with van der Waals surface area (Å²) < 4.78 is 11.4. The molecule has 0 aliphatic heterocycles. The Hall–Kier alpha value is -2.29. The first-order chi connectivity index (χ1) is 9.19. The van der Waals surface area contributed by atoms with E-state index >= 15 is 0 Å². The van der Waals surface area contributed by atoms with Crippen molar-refractivity contribution in [2.24, 2.45) is 0 Å². The number of para-hydroxylation sites is 2. The average Bonchev–Trinajstić information content (AvgIpc) is 2.41. The third kappa shape index (κ3) is 3.58. The van der Waals surface area contributed by atoms with E-state index in [1.807, 2.05) is 38.1 Å². The molecule has 0 amide bonds. The number of carbonyl (C=O) groups excluding carboxylic acids is 1. The summed E-state index contributed by atoms with van der Waals surface area (Å²) in [6.45, 7) is 3.92. The number of carbonyl (C=O) groups is 1. The van der Waals surface area contributed by atoms with Gasteiger partial charge in [-0.2, -0.15) is 0 Å². The zero-order chi connectivity index (χ0) is 13.7. The van der Waals surface area contributed by atoms with Crippen LogP contribution in [0.4, 0.5) is 0 Å². The minimum absolute atomic E-state index is 0.0751. The lowest BCUT2D eigenvalue weighted by Crippen LogP contribution is -2.06. The first kappa shape index (κ1) is 13.1. The fraction of sp³-hybridized carbons (Fsp3) is 0.188. The zero-order valence-corrected chi connectivity index (χ0v) is 11.0. The van der Waals surface area contributed by atoms with Gasteiger partial charge in [0.2, 0.25) is 0 Å². The molecule has 98 valence electrons. The van der Waals surface area contributed by atoms with E-state index in [1.165, 1.54) is 0 Å². The van der Waals surface area contributed by atoms with Crippen molar-refractivity contribution in [1.82, 2.24) is 0 Å². The third-order valence-electron chi connectivity index (χ3n) is 2.43. The molecule has 0 radical (unpaired) electrons. The SMILES string of the molecule is CC(C)Oc1ccccc1Oc1cccc(C=O)c1. The van der Waals surface area contributed by atoms with Gasteiger partial charge in [-0.1, -0.05) is 24.3 Å². The Morgan fingerprint density at radius 3 is 2.42 bits per heavy atom. The summed E-state index contributed by atoms with van der Waals surface area (Å²) in [5, 5.41) is 0. The van der Waals surface area contributed by atoms with Gasteiger partial charge in [0, 0.05) is 5.56 Å². The Kier molecular flexibility index (Phi) is 4.18. The van der Waals surface area contributed by atoms with Crippen LogP contribution in [0.15, 0.2) is 48.5 Å². The van der Waals surface area contributed by atoms with E-state index in [-0.39, 0.29) is 6.10 Å². The molecule has 0 bridgehead atoms. The van der Waals surface area contributed by atoms with Crippen LogP contribution in [0.3, 0.4) is 0 Å². The quantitative estimate of drug-likeness (QED) is 0.756. The minimum atomic E-state index is 0.0751. The van der Waals surface area contributed by atoms with Crippen LogP contribution in [0.25, 0.3) is 0 Å². The van der Waals surface area contributed by atoms with Crippen molar-refractivity contribution >= 4 is 6.29 Å². The van der Waals surface area contributed by atoms with Crippen LogP contribution in [0.1, 0.15) is 24.2 Å². The molecular formula is C16H16O3. The predicted molar refractivity (Wildman–Crippen MR) is 74.1 cm³/mol. The molecule has 0 aliphatic rings. The van der Waals surface area contributed by atoms with Crippen molar-refractivity contribution in [3.63, 3.8) is 0 Å². The third-order valence-corrected chi connectivity index (χ3v) is 2.43. The highest BCUT2D eigenvalue weighted by Gasteiger charge is 2.07. The number of rotatable bonds is 5. The number of hydrogen-bond acceptors (Lipinski definition) is 3. The Balaban J connectivity index is 2.24. The second kappa shape index (κ2) is 6.05. The van der Waals surface area contributed by atoms with Crippen molar-refractivity contribution in [2.75, 3.05) is 0 Å². The summed E-state index contributed by atoms with van der Waals surface area (Å²) in [5.41, 5.74) is 0.583. The molecular weight excluding hydrogens is 240 g/mol. The Morgan fingerprint density at radius 1 is 1.00 bits per heavy atom. The highest BCUT2D eigenvalue weighted by Crippen LogP contribution is 2.32. The second-order valence-corrected chi connectivity index (χ2v) is 4.41. The van der Waals surface area contributed by atoms with Gasteiger partial charge in [-0.05, 0) is 38.1 Å². The average molecular weight is 256 g/mol. The lowest BCUT2D eigenvalue weighted by atomic mass is 10.2. The number of aldehydes is 1. The van der Waals surface area contributed by atoms with E-state index in [4.69, 9.17) is 9.47 Å². The van der Waals surface area contributed by atoms with Gasteiger partial charge in [0.05, 0.1) is 6.10 Å². The standard InChI is InChI=1S/C16H16O3/c1-12(2)18-15-8-3-4-9-16(15)19-14-7-5-6-13(10-14)11-17/h3-12H,1-2H3. The minimum Gasteiger partial charge on any atom is -0.487 e. The number of hydrogen-bond donors (Lipinski definition) is 0. The maximum atomic E-state index is 10.7. The van der Waals surface area contributed by atoms with E-state index in [0.29, 0.717) is 22.8 Å². The largest absolute Gasteiger partial charge is 0.487 e. The molecule has 0 saturated heterocycles. The fourth-order valence-electron chi connectivity index (χ4n) is 1.66. The molecule has 0 heterocycles. The molecule has 2 rings (SSSR count). The van der Waals surface area contributed by atoms with Crippen LogP contribution in [-0.2, 0) is 0 Å². The number of benzene rings is 2. The molecule has 2 aromatic carbocycles. The molecule has 3 heteroatoms. The number of ether oxygens (including phenoxy) is 2. The molecule has 2 aromatic rings. The molecule has 0 spiro atoms. The summed E-state index contributed by atoms with van der Waals surface area (Å²) >= 11 is 0. The van der Waals surface area contributed by atoms with Gasteiger partial charge in [-0.15, -0.1) is 0 Å². The predicted octanol–water partition coefficient (Wildman–Crippen LogP) is 4.08. The van der Waals surface area contributed by atoms with E-state index in [9.17, 15) is 4.79 Å².